The molecule has 1 fully saturated rings. The van der Waals surface area contributed by atoms with Gasteiger partial charge >= 0.3 is 0 Å². The first-order valence-corrected chi connectivity index (χ1v) is 6.68. The van der Waals surface area contributed by atoms with Crippen LogP contribution in [0.4, 0.5) is 0 Å². The standard InChI is InChI=1S/C15H21N2O/c1-13(2)16-9-6-10-17(12-11-16)15(18)14-7-4-3-5-8-14/h4-5,7-8,13H,6,9-12H2,1-2H3. The lowest BCUT2D eigenvalue weighted by Gasteiger charge is -2.24. The van der Waals surface area contributed by atoms with Crippen LogP contribution in [0.5, 0.6) is 0 Å². The molecule has 0 unspecified atom stereocenters. The number of benzene rings is 1. The Labute approximate surface area is 109 Å². The van der Waals surface area contributed by atoms with Crippen molar-refractivity contribution in [2.45, 2.75) is 26.3 Å². The van der Waals surface area contributed by atoms with Gasteiger partial charge in [0.15, 0.2) is 0 Å². The third-order valence-electron chi connectivity index (χ3n) is 3.51. The molecule has 1 aliphatic heterocycles. The van der Waals surface area contributed by atoms with E-state index in [0.29, 0.717) is 6.04 Å². The number of hydrogen-bond donors (Lipinski definition) is 0. The van der Waals surface area contributed by atoms with Crippen molar-refractivity contribution >= 4 is 5.91 Å². The highest BCUT2D eigenvalue weighted by atomic mass is 16.2. The van der Waals surface area contributed by atoms with Crippen LogP contribution in [0.2, 0.25) is 0 Å². The van der Waals surface area contributed by atoms with Gasteiger partial charge in [-0.15, -0.1) is 0 Å². The summed E-state index contributed by atoms with van der Waals surface area (Å²) in [6.07, 6.45) is 1.06. The zero-order valence-electron chi connectivity index (χ0n) is 11.2. The molecule has 1 aliphatic rings. The molecule has 1 heterocycles. The molecule has 1 amide bonds. The molecule has 97 valence electrons. The first kappa shape index (κ1) is 13.1. The molecule has 3 heteroatoms. The van der Waals surface area contributed by atoms with E-state index in [-0.39, 0.29) is 5.91 Å². The van der Waals surface area contributed by atoms with Crippen molar-refractivity contribution in [3.05, 3.63) is 35.9 Å². The summed E-state index contributed by atoms with van der Waals surface area (Å²) < 4.78 is 0. The van der Waals surface area contributed by atoms with Crippen LogP contribution in [0, 0.1) is 6.07 Å². The summed E-state index contributed by atoms with van der Waals surface area (Å²) in [5.41, 5.74) is 0.770. The van der Waals surface area contributed by atoms with Crippen LogP contribution in [0.25, 0.3) is 0 Å². The minimum absolute atomic E-state index is 0.148. The van der Waals surface area contributed by atoms with Crippen LogP contribution in [0.1, 0.15) is 30.6 Å². The SMILES string of the molecule is CC(C)N1CCCN(C(=O)c2cc[c]cc2)CC1. The van der Waals surface area contributed by atoms with E-state index in [9.17, 15) is 4.79 Å². The lowest BCUT2D eigenvalue weighted by molar-refractivity contribution is 0.0759. The van der Waals surface area contributed by atoms with Crippen LogP contribution in [-0.4, -0.2) is 47.9 Å². The number of amides is 1. The summed E-state index contributed by atoms with van der Waals surface area (Å²) in [4.78, 5) is 16.7. The fraction of sp³-hybridized carbons (Fsp3) is 0.533. The Hall–Kier alpha value is -1.35. The van der Waals surface area contributed by atoms with Gasteiger partial charge in [0.2, 0.25) is 0 Å². The normalized spacial score (nSPS) is 17.8. The highest BCUT2D eigenvalue weighted by Crippen LogP contribution is 2.10. The molecular formula is C15H21N2O. The van der Waals surface area contributed by atoms with Gasteiger partial charge < -0.3 is 4.90 Å². The number of hydrogen-bond acceptors (Lipinski definition) is 2. The van der Waals surface area contributed by atoms with Gasteiger partial charge in [0.05, 0.1) is 0 Å². The maximum absolute atomic E-state index is 12.3. The van der Waals surface area contributed by atoms with Gasteiger partial charge in [-0.05, 0) is 38.5 Å². The summed E-state index contributed by atoms with van der Waals surface area (Å²) in [6.45, 7) is 8.18. The molecule has 1 aromatic carbocycles. The fourth-order valence-electron chi connectivity index (χ4n) is 2.37. The topological polar surface area (TPSA) is 23.6 Å². The Balaban J connectivity index is 2.00. The van der Waals surface area contributed by atoms with E-state index < -0.39 is 0 Å². The zero-order chi connectivity index (χ0) is 13.0. The molecule has 1 saturated heterocycles. The predicted molar refractivity (Wildman–Crippen MR) is 72.5 cm³/mol. The Kier molecular flexibility index (Phi) is 4.37. The van der Waals surface area contributed by atoms with Crippen molar-refractivity contribution in [1.29, 1.82) is 0 Å². The molecule has 0 saturated carbocycles. The molecule has 18 heavy (non-hydrogen) atoms. The van der Waals surface area contributed by atoms with Crippen molar-refractivity contribution in [2.75, 3.05) is 26.2 Å². The fourth-order valence-corrected chi connectivity index (χ4v) is 2.37. The largest absolute Gasteiger partial charge is 0.337 e. The van der Waals surface area contributed by atoms with Crippen molar-refractivity contribution in [2.24, 2.45) is 0 Å². The Morgan fingerprint density at radius 3 is 2.56 bits per heavy atom. The lowest BCUT2D eigenvalue weighted by atomic mass is 10.2. The van der Waals surface area contributed by atoms with Crippen LogP contribution in [0.3, 0.4) is 0 Å². The lowest BCUT2D eigenvalue weighted by Crippen LogP contribution is -2.37. The molecule has 0 aromatic heterocycles. The summed E-state index contributed by atoms with van der Waals surface area (Å²) in [6, 6.07) is 10.8. The highest BCUT2D eigenvalue weighted by molar-refractivity contribution is 5.94. The predicted octanol–water partition coefficient (Wildman–Crippen LogP) is 2.04. The van der Waals surface area contributed by atoms with Crippen LogP contribution >= 0.6 is 0 Å². The minimum Gasteiger partial charge on any atom is -0.337 e. The number of nitrogens with zero attached hydrogens (tertiary/aromatic N) is 2. The van der Waals surface area contributed by atoms with Gasteiger partial charge in [-0.2, -0.15) is 0 Å². The van der Waals surface area contributed by atoms with Crippen molar-refractivity contribution in [3.63, 3.8) is 0 Å². The Bertz CT molecular complexity index is 389. The van der Waals surface area contributed by atoms with E-state index in [1.54, 1.807) is 12.1 Å². The quantitative estimate of drug-likeness (QED) is 0.796. The first-order chi connectivity index (χ1) is 8.68. The molecule has 0 aliphatic carbocycles. The van der Waals surface area contributed by atoms with Crippen LogP contribution in [-0.2, 0) is 0 Å². The summed E-state index contributed by atoms with van der Waals surface area (Å²) in [5, 5.41) is 0. The second kappa shape index (κ2) is 6.01. The summed E-state index contributed by atoms with van der Waals surface area (Å²) in [5.74, 6) is 0.148. The number of rotatable bonds is 2. The second-order valence-electron chi connectivity index (χ2n) is 5.06. The van der Waals surface area contributed by atoms with Crippen molar-refractivity contribution in [3.8, 4) is 0 Å². The van der Waals surface area contributed by atoms with Gasteiger partial charge in [0.1, 0.15) is 0 Å². The molecule has 2 rings (SSSR count). The Morgan fingerprint density at radius 1 is 1.17 bits per heavy atom. The average molecular weight is 245 g/mol. The second-order valence-corrected chi connectivity index (χ2v) is 5.06. The molecule has 0 atom stereocenters. The van der Waals surface area contributed by atoms with Crippen LogP contribution in [0.15, 0.2) is 24.3 Å². The van der Waals surface area contributed by atoms with Gasteiger partial charge in [0.25, 0.3) is 5.91 Å². The van der Waals surface area contributed by atoms with E-state index in [4.69, 9.17) is 0 Å². The maximum atomic E-state index is 12.3. The molecule has 0 N–H and O–H groups in total. The minimum atomic E-state index is 0.148. The molecular weight excluding hydrogens is 224 g/mol. The smallest absolute Gasteiger partial charge is 0.253 e. The molecule has 3 nitrogen and oxygen atoms in total. The number of carbonyl (C=O) groups excluding carboxylic acids is 1. The third-order valence-corrected chi connectivity index (χ3v) is 3.51. The summed E-state index contributed by atoms with van der Waals surface area (Å²) in [7, 11) is 0. The van der Waals surface area contributed by atoms with Gasteiger partial charge in [0, 0.05) is 37.8 Å². The maximum Gasteiger partial charge on any atom is 0.253 e. The first-order valence-electron chi connectivity index (χ1n) is 6.68. The van der Waals surface area contributed by atoms with E-state index in [2.05, 4.69) is 24.8 Å². The highest BCUT2D eigenvalue weighted by Gasteiger charge is 2.20. The van der Waals surface area contributed by atoms with Gasteiger partial charge in [-0.1, -0.05) is 12.1 Å². The van der Waals surface area contributed by atoms with E-state index in [1.807, 2.05) is 17.0 Å². The van der Waals surface area contributed by atoms with Crippen molar-refractivity contribution in [1.82, 2.24) is 9.80 Å². The van der Waals surface area contributed by atoms with E-state index >= 15 is 0 Å². The molecule has 0 bridgehead atoms. The van der Waals surface area contributed by atoms with Crippen molar-refractivity contribution < 1.29 is 4.79 Å². The Morgan fingerprint density at radius 2 is 1.89 bits per heavy atom. The third kappa shape index (κ3) is 3.10. The van der Waals surface area contributed by atoms with E-state index in [0.717, 1.165) is 38.2 Å². The summed E-state index contributed by atoms with van der Waals surface area (Å²) >= 11 is 0. The average Bonchev–Trinajstić information content (AvgIpc) is 2.64. The number of carbonyl (C=O) groups is 1. The van der Waals surface area contributed by atoms with E-state index in [1.165, 1.54) is 0 Å². The molecule has 1 aromatic rings. The molecule has 1 radical (unpaired) electrons. The van der Waals surface area contributed by atoms with Gasteiger partial charge in [-0.25, -0.2) is 0 Å². The zero-order valence-corrected chi connectivity index (χ0v) is 11.2. The molecule has 0 spiro atoms. The van der Waals surface area contributed by atoms with Crippen LogP contribution < -0.4 is 0 Å². The monoisotopic (exact) mass is 245 g/mol. The van der Waals surface area contributed by atoms with Gasteiger partial charge in [-0.3, -0.25) is 9.69 Å².